The van der Waals surface area contributed by atoms with E-state index >= 15 is 0 Å². The molecule has 3 fully saturated rings. The summed E-state index contributed by atoms with van der Waals surface area (Å²) < 4.78 is 5.43. The van der Waals surface area contributed by atoms with Crippen LogP contribution < -0.4 is 0 Å². The molecule has 0 aromatic rings. The van der Waals surface area contributed by atoms with E-state index in [1.807, 2.05) is 6.08 Å². The number of ether oxygens (including phenoxy) is 1. The van der Waals surface area contributed by atoms with Gasteiger partial charge in [-0.1, -0.05) is 26.3 Å². The van der Waals surface area contributed by atoms with E-state index in [0.717, 1.165) is 56.8 Å². The SMILES string of the molecule is CCC(=O)O/C(C=O)=C1/CC[C@H]2[C@@H]3CCC4=CC(=O)CC[C@]4(C)[C@H]3CC[C@]12C. The summed E-state index contributed by atoms with van der Waals surface area (Å²) in [4.78, 5) is 35.5. The Labute approximate surface area is 167 Å². The second kappa shape index (κ2) is 6.96. The van der Waals surface area contributed by atoms with Crippen molar-refractivity contribution in [1.82, 2.24) is 0 Å². The maximum absolute atomic E-state index is 12.0. The number of ketones is 1. The predicted molar refractivity (Wildman–Crippen MR) is 106 cm³/mol. The van der Waals surface area contributed by atoms with Crippen molar-refractivity contribution in [3.63, 3.8) is 0 Å². The van der Waals surface area contributed by atoms with E-state index < -0.39 is 0 Å². The first kappa shape index (κ1) is 19.6. The summed E-state index contributed by atoms with van der Waals surface area (Å²) in [5.74, 6) is 2.03. The molecule has 0 aromatic heterocycles. The molecule has 152 valence electrons. The van der Waals surface area contributed by atoms with Crippen LogP contribution in [0.5, 0.6) is 0 Å². The van der Waals surface area contributed by atoms with E-state index in [0.29, 0.717) is 30.0 Å². The van der Waals surface area contributed by atoms with Gasteiger partial charge < -0.3 is 4.74 Å². The largest absolute Gasteiger partial charge is 0.423 e. The van der Waals surface area contributed by atoms with Crippen molar-refractivity contribution in [2.75, 3.05) is 0 Å². The molecule has 0 N–H and O–H groups in total. The molecule has 4 aliphatic carbocycles. The van der Waals surface area contributed by atoms with Gasteiger partial charge in [0.1, 0.15) is 0 Å². The second-order valence-electron chi connectivity index (χ2n) is 9.75. The lowest BCUT2D eigenvalue weighted by Gasteiger charge is -2.57. The molecule has 4 heteroatoms. The first-order chi connectivity index (χ1) is 13.3. The molecule has 3 saturated carbocycles. The van der Waals surface area contributed by atoms with Gasteiger partial charge in [0, 0.05) is 12.8 Å². The van der Waals surface area contributed by atoms with E-state index in [1.165, 1.54) is 5.57 Å². The zero-order chi connectivity index (χ0) is 20.1. The minimum Gasteiger partial charge on any atom is -0.423 e. The number of aldehydes is 1. The number of rotatable bonds is 3. The molecule has 28 heavy (non-hydrogen) atoms. The molecule has 4 rings (SSSR count). The third-order valence-electron chi connectivity index (χ3n) is 8.66. The van der Waals surface area contributed by atoms with Crippen LogP contribution in [0.15, 0.2) is 23.0 Å². The fourth-order valence-electron chi connectivity index (χ4n) is 7.13. The van der Waals surface area contributed by atoms with Crippen molar-refractivity contribution in [3.05, 3.63) is 23.0 Å². The van der Waals surface area contributed by atoms with Gasteiger partial charge in [0.05, 0.1) is 0 Å². The van der Waals surface area contributed by atoms with Crippen molar-refractivity contribution in [1.29, 1.82) is 0 Å². The Bertz CT molecular complexity index is 775. The lowest BCUT2D eigenvalue weighted by atomic mass is 9.47. The van der Waals surface area contributed by atoms with Crippen molar-refractivity contribution in [2.24, 2.45) is 28.6 Å². The Morgan fingerprint density at radius 1 is 1.11 bits per heavy atom. The fraction of sp³-hybridized carbons (Fsp3) is 0.708. The molecule has 0 amide bonds. The Balaban J connectivity index is 1.66. The summed E-state index contributed by atoms with van der Waals surface area (Å²) in [6, 6.07) is 0. The van der Waals surface area contributed by atoms with E-state index in [2.05, 4.69) is 13.8 Å². The molecule has 0 aromatic carbocycles. The average Bonchev–Trinajstić information content (AvgIpc) is 3.03. The summed E-state index contributed by atoms with van der Waals surface area (Å²) in [5, 5.41) is 0. The van der Waals surface area contributed by atoms with Crippen LogP contribution in [0.25, 0.3) is 0 Å². The molecule has 5 atom stereocenters. The van der Waals surface area contributed by atoms with Gasteiger partial charge in [-0.2, -0.15) is 0 Å². The highest BCUT2D eigenvalue weighted by molar-refractivity contribution is 5.91. The van der Waals surface area contributed by atoms with Crippen LogP contribution in [-0.2, 0) is 19.1 Å². The molecule has 0 bridgehead atoms. The van der Waals surface area contributed by atoms with E-state index in [4.69, 9.17) is 4.74 Å². The average molecular weight is 385 g/mol. The van der Waals surface area contributed by atoms with Crippen molar-refractivity contribution < 1.29 is 19.1 Å². The first-order valence-corrected chi connectivity index (χ1v) is 11.0. The summed E-state index contributed by atoms with van der Waals surface area (Å²) in [7, 11) is 0. The Hall–Kier alpha value is -1.71. The summed E-state index contributed by atoms with van der Waals surface area (Å²) >= 11 is 0. The number of hydrogen-bond donors (Lipinski definition) is 0. The van der Waals surface area contributed by atoms with Crippen LogP contribution in [-0.4, -0.2) is 18.0 Å². The normalized spacial score (nSPS) is 41.3. The quantitative estimate of drug-likeness (QED) is 0.300. The van der Waals surface area contributed by atoms with Gasteiger partial charge in [-0.05, 0) is 85.2 Å². The molecule has 4 aliphatic rings. The third kappa shape index (κ3) is 2.83. The molecule has 0 spiro atoms. The number of carbonyl (C=O) groups excluding carboxylic acids is 3. The number of hydrogen-bond acceptors (Lipinski definition) is 4. The summed E-state index contributed by atoms with van der Waals surface area (Å²) in [5.41, 5.74) is 2.56. The molecule has 0 aliphatic heterocycles. The first-order valence-electron chi connectivity index (χ1n) is 11.0. The summed E-state index contributed by atoms with van der Waals surface area (Å²) in [6.45, 7) is 6.43. The second-order valence-corrected chi connectivity index (χ2v) is 9.75. The molecule has 0 saturated heterocycles. The minimum atomic E-state index is -0.331. The van der Waals surface area contributed by atoms with Gasteiger partial charge in [-0.25, -0.2) is 0 Å². The van der Waals surface area contributed by atoms with Crippen LogP contribution in [0.4, 0.5) is 0 Å². The number of esters is 1. The van der Waals surface area contributed by atoms with Gasteiger partial charge in [-0.3, -0.25) is 14.4 Å². The van der Waals surface area contributed by atoms with Gasteiger partial charge in [0.2, 0.25) is 0 Å². The Morgan fingerprint density at radius 2 is 1.86 bits per heavy atom. The highest BCUT2D eigenvalue weighted by Gasteiger charge is 2.58. The van der Waals surface area contributed by atoms with Crippen LogP contribution in [0.2, 0.25) is 0 Å². The van der Waals surface area contributed by atoms with Crippen LogP contribution in [0.1, 0.15) is 78.6 Å². The molecule has 4 nitrogen and oxygen atoms in total. The lowest BCUT2D eigenvalue weighted by molar-refractivity contribution is -0.141. The van der Waals surface area contributed by atoms with Gasteiger partial charge >= 0.3 is 5.97 Å². The van der Waals surface area contributed by atoms with Crippen molar-refractivity contribution in [3.8, 4) is 0 Å². The fourth-order valence-corrected chi connectivity index (χ4v) is 7.13. The third-order valence-corrected chi connectivity index (χ3v) is 8.66. The minimum absolute atomic E-state index is 0.0481. The molecular weight excluding hydrogens is 352 g/mol. The van der Waals surface area contributed by atoms with E-state index in [-0.39, 0.29) is 29.0 Å². The van der Waals surface area contributed by atoms with E-state index in [9.17, 15) is 14.4 Å². The number of carbonyl (C=O) groups is 3. The zero-order valence-electron chi connectivity index (χ0n) is 17.4. The molecule has 0 heterocycles. The van der Waals surface area contributed by atoms with Crippen LogP contribution in [0.3, 0.4) is 0 Å². The summed E-state index contributed by atoms with van der Waals surface area (Å²) in [6.07, 6.45) is 10.9. The highest BCUT2D eigenvalue weighted by atomic mass is 16.5. The van der Waals surface area contributed by atoms with Crippen LogP contribution >= 0.6 is 0 Å². The molecule has 0 radical (unpaired) electrons. The predicted octanol–water partition coefficient (Wildman–Crippen LogP) is 4.92. The van der Waals surface area contributed by atoms with Crippen LogP contribution in [0, 0.1) is 28.6 Å². The number of allylic oxidation sites excluding steroid dienone is 3. The van der Waals surface area contributed by atoms with Gasteiger partial charge in [-0.15, -0.1) is 0 Å². The van der Waals surface area contributed by atoms with Crippen molar-refractivity contribution >= 4 is 18.0 Å². The van der Waals surface area contributed by atoms with E-state index in [1.54, 1.807) is 6.92 Å². The smallest absolute Gasteiger partial charge is 0.311 e. The molecule has 0 unspecified atom stereocenters. The molecular formula is C24H32O4. The lowest BCUT2D eigenvalue weighted by Crippen LogP contribution is -2.49. The maximum atomic E-state index is 12.0. The highest BCUT2D eigenvalue weighted by Crippen LogP contribution is 2.66. The Morgan fingerprint density at radius 3 is 2.57 bits per heavy atom. The topological polar surface area (TPSA) is 60.4 Å². The van der Waals surface area contributed by atoms with Gasteiger partial charge in [0.25, 0.3) is 0 Å². The number of fused-ring (bicyclic) bond motifs is 5. The Kier molecular flexibility index (Phi) is 4.87. The maximum Gasteiger partial charge on any atom is 0.311 e. The van der Waals surface area contributed by atoms with Gasteiger partial charge in [0.15, 0.2) is 17.8 Å². The standard InChI is InChI=1S/C24H32O4/c1-4-22(27)28-21(14-25)20-8-7-18-17-6-5-15-13-16(26)9-11-23(15,2)19(17)10-12-24(18,20)3/h13-14,17-19H,4-12H2,1-3H3/b21-20-/t17-,18-,19-,23-,24-/m0/s1. The zero-order valence-corrected chi connectivity index (χ0v) is 17.4. The monoisotopic (exact) mass is 384 g/mol. The van der Waals surface area contributed by atoms with Crippen molar-refractivity contribution in [2.45, 2.75) is 78.6 Å².